The van der Waals surface area contributed by atoms with Gasteiger partial charge in [-0.05, 0) is 45.9 Å². The van der Waals surface area contributed by atoms with Crippen LogP contribution >= 0.6 is 22.6 Å². The second kappa shape index (κ2) is 4.57. The summed E-state index contributed by atoms with van der Waals surface area (Å²) in [5, 5.41) is 8.63. The lowest BCUT2D eigenvalue weighted by Gasteiger charge is -2.05. The highest BCUT2D eigenvalue weighted by molar-refractivity contribution is 14.1. The van der Waals surface area contributed by atoms with Crippen molar-refractivity contribution >= 4 is 28.6 Å². The summed E-state index contributed by atoms with van der Waals surface area (Å²) in [6.45, 7) is 0.388. The Balaban J connectivity index is 3.01. The fraction of sp³-hybridized carbons (Fsp3) is 0.222. The molecule has 0 spiro atoms. The number of benzene rings is 1. The van der Waals surface area contributed by atoms with Crippen molar-refractivity contribution in [3.8, 4) is 0 Å². The third-order valence-electron chi connectivity index (χ3n) is 1.73. The lowest BCUT2D eigenvalue weighted by molar-refractivity contribution is -0.136. The van der Waals surface area contributed by atoms with Crippen LogP contribution in [0.25, 0.3) is 0 Å². The highest BCUT2D eigenvalue weighted by Gasteiger charge is 2.05. The number of carbonyl (C=O) groups is 1. The molecule has 0 saturated carbocycles. The summed E-state index contributed by atoms with van der Waals surface area (Å²) in [6, 6.07) is 5.66. The molecule has 3 N–H and O–H groups in total. The van der Waals surface area contributed by atoms with Crippen molar-refractivity contribution in [2.75, 3.05) is 0 Å². The van der Waals surface area contributed by atoms with Crippen LogP contribution in [0, 0.1) is 3.57 Å². The normalized spacial score (nSPS) is 10.0. The fourth-order valence-corrected chi connectivity index (χ4v) is 1.68. The summed E-state index contributed by atoms with van der Waals surface area (Å²) < 4.78 is 1.03. The third-order valence-corrected chi connectivity index (χ3v) is 2.40. The van der Waals surface area contributed by atoms with E-state index in [1.54, 1.807) is 0 Å². The van der Waals surface area contributed by atoms with E-state index in [1.807, 2.05) is 18.2 Å². The van der Waals surface area contributed by atoms with Crippen LogP contribution in [0.3, 0.4) is 0 Å². The predicted molar refractivity (Wildman–Crippen MR) is 58.4 cm³/mol. The van der Waals surface area contributed by atoms with Gasteiger partial charge < -0.3 is 10.8 Å². The molecule has 0 aliphatic rings. The van der Waals surface area contributed by atoms with E-state index in [9.17, 15) is 4.79 Å². The lowest BCUT2D eigenvalue weighted by Crippen LogP contribution is -2.07. The van der Waals surface area contributed by atoms with Crippen LogP contribution in [-0.4, -0.2) is 11.1 Å². The minimum absolute atomic E-state index is 0.0450. The second-order valence-corrected chi connectivity index (χ2v) is 3.93. The van der Waals surface area contributed by atoms with Gasteiger partial charge in [-0.15, -0.1) is 0 Å². The molecular formula is C9H10INO2. The van der Waals surface area contributed by atoms with E-state index >= 15 is 0 Å². The van der Waals surface area contributed by atoms with Crippen LogP contribution < -0.4 is 5.73 Å². The van der Waals surface area contributed by atoms with Gasteiger partial charge in [0.15, 0.2) is 0 Å². The maximum absolute atomic E-state index is 10.5. The van der Waals surface area contributed by atoms with E-state index in [0.717, 1.165) is 14.7 Å². The Labute approximate surface area is 90.1 Å². The fourth-order valence-electron chi connectivity index (χ4n) is 1.12. The molecule has 0 atom stereocenters. The molecule has 70 valence electrons. The van der Waals surface area contributed by atoms with E-state index in [0.29, 0.717) is 6.54 Å². The van der Waals surface area contributed by atoms with Crippen molar-refractivity contribution in [1.29, 1.82) is 0 Å². The Kier molecular flexibility index (Phi) is 3.68. The number of hydrogen-bond acceptors (Lipinski definition) is 2. The zero-order valence-corrected chi connectivity index (χ0v) is 9.11. The molecule has 0 unspecified atom stereocenters. The highest BCUT2D eigenvalue weighted by Crippen LogP contribution is 2.14. The summed E-state index contributed by atoms with van der Waals surface area (Å²) in [7, 11) is 0. The Bertz CT molecular complexity index is 325. The average Bonchev–Trinajstić information content (AvgIpc) is 2.03. The first-order valence-corrected chi connectivity index (χ1v) is 4.90. The summed E-state index contributed by atoms with van der Waals surface area (Å²) in [5.41, 5.74) is 7.19. The first-order chi connectivity index (χ1) is 6.13. The predicted octanol–water partition coefficient (Wildman–Crippen LogP) is 1.38. The SMILES string of the molecule is NCc1ccc(I)cc1CC(=O)O. The van der Waals surface area contributed by atoms with Gasteiger partial charge in [-0.2, -0.15) is 0 Å². The molecule has 0 aliphatic heterocycles. The molecule has 0 amide bonds. The zero-order chi connectivity index (χ0) is 9.84. The zero-order valence-electron chi connectivity index (χ0n) is 6.96. The van der Waals surface area contributed by atoms with Crippen molar-refractivity contribution in [3.63, 3.8) is 0 Å². The number of nitrogens with two attached hydrogens (primary N) is 1. The number of hydrogen-bond donors (Lipinski definition) is 2. The molecular weight excluding hydrogens is 281 g/mol. The van der Waals surface area contributed by atoms with Crippen LogP contribution in [0.15, 0.2) is 18.2 Å². The summed E-state index contributed by atoms with van der Waals surface area (Å²) in [4.78, 5) is 10.5. The van der Waals surface area contributed by atoms with Crippen molar-refractivity contribution in [3.05, 3.63) is 32.9 Å². The average molecular weight is 291 g/mol. The van der Waals surface area contributed by atoms with Gasteiger partial charge in [-0.25, -0.2) is 0 Å². The van der Waals surface area contributed by atoms with Gasteiger partial charge in [-0.1, -0.05) is 6.07 Å². The number of aliphatic carboxylic acids is 1. The van der Waals surface area contributed by atoms with Crippen LogP contribution in [-0.2, 0) is 17.8 Å². The van der Waals surface area contributed by atoms with Crippen LogP contribution in [0.2, 0.25) is 0 Å². The summed E-state index contributed by atoms with van der Waals surface area (Å²) in [5.74, 6) is -0.822. The minimum atomic E-state index is -0.822. The molecule has 1 rings (SSSR count). The van der Waals surface area contributed by atoms with E-state index in [4.69, 9.17) is 10.8 Å². The van der Waals surface area contributed by atoms with Crippen LogP contribution in [0.4, 0.5) is 0 Å². The van der Waals surface area contributed by atoms with E-state index in [2.05, 4.69) is 22.6 Å². The standard InChI is InChI=1S/C9H10INO2/c10-8-2-1-6(5-11)7(3-8)4-9(12)13/h1-3H,4-5,11H2,(H,12,13). The van der Waals surface area contributed by atoms with Gasteiger partial charge in [0.25, 0.3) is 0 Å². The topological polar surface area (TPSA) is 63.3 Å². The van der Waals surface area contributed by atoms with Crippen LogP contribution in [0.5, 0.6) is 0 Å². The highest BCUT2D eigenvalue weighted by atomic mass is 127. The maximum Gasteiger partial charge on any atom is 0.307 e. The maximum atomic E-state index is 10.5. The van der Waals surface area contributed by atoms with E-state index < -0.39 is 5.97 Å². The molecule has 3 nitrogen and oxygen atoms in total. The van der Waals surface area contributed by atoms with E-state index in [-0.39, 0.29) is 6.42 Å². The first-order valence-electron chi connectivity index (χ1n) is 3.82. The molecule has 1 aromatic rings. The quantitative estimate of drug-likeness (QED) is 0.827. The molecule has 0 aromatic heterocycles. The minimum Gasteiger partial charge on any atom is -0.481 e. The van der Waals surface area contributed by atoms with Gasteiger partial charge in [0.05, 0.1) is 6.42 Å². The number of carboxylic acid groups (broad SMARTS) is 1. The molecule has 4 heteroatoms. The van der Waals surface area contributed by atoms with Gasteiger partial charge in [-0.3, -0.25) is 4.79 Å². The van der Waals surface area contributed by atoms with Gasteiger partial charge in [0.1, 0.15) is 0 Å². The number of halogens is 1. The monoisotopic (exact) mass is 291 g/mol. The van der Waals surface area contributed by atoms with Gasteiger partial charge in [0, 0.05) is 10.1 Å². The largest absolute Gasteiger partial charge is 0.481 e. The molecule has 0 radical (unpaired) electrons. The Morgan fingerprint density at radius 3 is 2.69 bits per heavy atom. The van der Waals surface area contributed by atoms with Crippen molar-refractivity contribution < 1.29 is 9.90 Å². The smallest absolute Gasteiger partial charge is 0.307 e. The number of rotatable bonds is 3. The number of carboxylic acids is 1. The van der Waals surface area contributed by atoms with E-state index in [1.165, 1.54) is 0 Å². The Morgan fingerprint density at radius 2 is 2.15 bits per heavy atom. The van der Waals surface area contributed by atoms with Crippen molar-refractivity contribution in [1.82, 2.24) is 0 Å². The molecule has 0 saturated heterocycles. The molecule has 1 aromatic carbocycles. The molecule has 0 fully saturated rings. The molecule has 13 heavy (non-hydrogen) atoms. The van der Waals surface area contributed by atoms with Crippen LogP contribution in [0.1, 0.15) is 11.1 Å². The van der Waals surface area contributed by atoms with Gasteiger partial charge >= 0.3 is 5.97 Å². The molecule has 0 bridgehead atoms. The first kappa shape index (κ1) is 10.5. The van der Waals surface area contributed by atoms with Crippen molar-refractivity contribution in [2.24, 2.45) is 5.73 Å². The van der Waals surface area contributed by atoms with Crippen molar-refractivity contribution in [2.45, 2.75) is 13.0 Å². The lowest BCUT2D eigenvalue weighted by atomic mass is 10.1. The molecule has 0 aliphatic carbocycles. The third kappa shape index (κ3) is 2.96. The summed E-state index contributed by atoms with van der Waals surface area (Å²) >= 11 is 2.15. The second-order valence-electron chi connectivity index (χ2n) is 2.69. The van der Waals surface area contributed by atoms with Gasteiger partial charge in [0.2, 0.25) is 0 Å². The Morgan fingerprint density at radius 1 is 1.46 bits per heavy atom. The molecule has 0 heterocycles. The Hall–Kier alpha value is -0.620. The summed E-state index contributed by atoms with van der Waals surface area (Å²) in [6.07, 6.45) is 0.0450.